The van der Waals surface area contributed by atoms with Crippen LogP contribution < -0.4 is 5.32 Å². The van der Waals surface area contributed by atoms with Gasteiger partial charge >= 0.3 is 6.18 Å². The van der Waals surface area contributed by atoms with E-state index in [1.54, 1.807) is 0 Å². The second-order valence-corrected chi connectivity index (χ2v) is 4.62. The lowest BCUT2D eigenvalue weighted by Gasteiger charge is -2.14. The highest BCUT2D eigenvalue weighted by Gasteiger charge is 2.31. The summed E-state index contributed by atoms with van der Waals surface area (Å²) in [6.07, 6.45) is -3.18. The highest BCUT2D eigenvalue weighted by Crippen LogP contribution is 2.27. The zero-order chi connectivity index (χ0) is 14.6. The van der Waals surface area contributed by atoms with Gasteiger partial charge in [0.2, 0.25) is 0 Å². The number of benzene rings is 1. The van der Waals surface area contributed by atoms with E-state index >= 15 is 0 Å². The molecule has 1 N–H and O–H groups in total. The van der Waals surface area contributed by atoms with Crippen molar-refractivity contribution in [3.05, 3.63) is 59.9 Å². The number of pyridine rings is 1. The fraction of sp³-hybridized carbons (Fsp3) is 0.267. The van der Waals surface area contributed by atoms with Gasteiger partial charge in [0.15, 0.2) is 0 Å². The van der Waals surface area contributed by atoms with E-state index in [0.29, 0.717) is 12.2 Å². The molecule has 0 saturated carbocycles. The molecule has 2 rings (SSSR count). The van der Waals surface area contributed by atoms with Crippen LogP contribution in [-0.4, -0.2) is 11.5 Å². The van der Waals surface area contributed by atoms with Crippen molar-refractivity contribution in [1.82, 2.24) is 4.98 Å². The number of halogens is 3. The summed E-state index contributed by atoms with van der Waals surface area (Å²) in [5, 5.41) is 3.09. The SMILES string of the molecule is CC(CNc1ccc(C(F)(F)F)nc1)c1ccccc1. The van der Waals surface area contributed by atoms with Crippen LogP contribution in [0.3, 0.4) is 0 Å². The smallest absolute Gasteiger partial charge is 0.383 e. The number of aromatic nitrogens is 1. The van der Waals surface area contributed by atoms with Crippen LogP contribution in [0.5, 0.6) is 0 Å². The van der Waals surface area contributed by atoms with E-state index in [4.69, 9.17) is 0 Å². The molecule has 0 aliphatic heterocycles. The van der Waals surface area contributed by atoms with Gasteiger partial charge in [-0.05, 0) is 23.6 Å². The highest BCUT2D eigenvalue weighted by atomic mass is 19.4. The summed E-state index contributed by atoms with van der Waals surface area (Å²) in [6.45, 7) is 2.69. The molecule has 2 nitrogen and oxygen atoms in total. The molecule has 1 heterocycles. The molecule has 1 unspecified atom stereocenters. The molecule has 0 radical (unpaired) electrons. The number of rotatable bonds is 4. The average Bonchev–Trinajstić information content (AvgIpc) is 2.45. The van der Waals surface area contributed by atoms with Crippen LogP contribution in [0.25, 0.3) is 0 Å². The number of anilines is 1. The number of nitrogens with one attached hydrogen (secondary N) is 1. The second kappa shape index (κ2) is 5.94. The lowest BCUT2D eigenvalue weighted by Crippen LogP contribution is -2.11. The molecule has 2 aromatic rings. The van der Waals surface area contributed by atoms with Gasteiger partial charge in [0.25, 0.3) is 0 Å². The van der Waals surface area contributed by atoms with Gasteiger partial charge in [0.05, 0.1) is 11.9 Å². The summed E-state index contributed by atoms with van der Waals surface area (Å²) in [5.41, 5.74) is 0.889. The van der Waals surface area contributed by atoms with Crippen LogP contribution in [-0.2, 0) is 6.18 Å². The molecule has 5 heteroatoms. The van der Waals surface area contributed by atoms with E-state index in [1.807, 2.05) is 30.3 Å². The number of nitrogens with zero attached hydrogens (tertiary/aromatic N) is 1. The fourth-order valence-electron chi connectivity index (χ4n) is 1.84. The van der Waals surface area contributed by atoms with Gasteiger partial charge in [-0.15, -0.1) is 0 Å². The first-order valence-corrected chi connectivity index (χ1v) is 6.29. The molecule has 1 atom stereocenters. The standard InChI is InChI=1S/C15H15F3N2/c1-11(12-5-3-2-4-6-12)9-19-13-7-8-14(20-10-13)15(16,17)18/h2-8,10-11,19H,9H2,1H3. The maximum atomic E-state index is 12.4. The van der Waals surface area contributed by atoms with Crippen LogP contribution >= 0.6 is 0 Å². The van der Waals surface area contributed by atoms with Crippen LogP contribution in [0.15, 0.2) is 48.7 Å². The average molecular weight is 280 g/mol. The molecule has 0 amide bonds. The Bertz CT molecular complexity index is 535. The first-order valence-electron chi connectivity index (χ1n) is 6.29. The van der Waals surface area contributed by atoms with E-state index in [0.717, 1.165) is 6.07 Å². The number of hydrogen-bond donors (Lipinski definition) is 1. The zero-order valence-electron chi connectivity index (χ0n) is 11.0. The Balaban J connectivity index is 1.94. The molecule has 1 aromatic heterocycles. The van der Waals surface area contributed by atoms with Crippen LogP contribution in [0.2, 0.25) is 0 Å². The Hall–Kier alpha value is -2.04. The molecular formula is C15H15F3N2. The first-order chi connectivity index (χ1) is 9.47. The molecule has 0 spiro atoms. The third kappa shape index (κ3) is 3.73. The van der Waals surface area contributed by atoms with Crippen molar-refractivity contribution >= 4 is 5.69 Å². The van der Waals surface area contributed by atoms with Crippen molar-refractivity contribution in [1.29, 1.82) is 0 Å². The minimum atomic E-state index is -4.39. The van der Waals surface area contributed by atoms with Crippen LogP contribution in [0, 0.1) is 0 Å². The molecule has 20 heavy (non-hydrogen) atoms. The van der Waals surface area contributed by atoms with Gasteiger partial charge in [0.1, 0.15) is 5.69 Å². The van der Waals surface area contributed by atoms with Crippen LogP contribution in [0.1, 0.15) is 24.1 Å². The normalized spacial score (nSPS) is 13.0. The number of alkyl halides is 3. The van der Waals surface area contributed by atoms with Crippen molar-refractivity contribution in [3.8, 4) is 0 Å². The van der Waals surface area contributed by atoms with Gasteiger partial charge in [-0.1, -0.05) is 37.3 Å². The topological polar surface area (TPSA) is 24.9 Å². The minimum absolute atomic E-state index is 0.262. The summed E-state index contributed by atoms with van der Waals surface area (Å²) in [4.78, 5) is 3.41. The number of hydrogen-bond acceptors (Lipinski definition) is 2. The fourth-order valence-corrected chi connectivity index (χ4v) is 1.84. The van der Waals surface area contributed by atoms with Crippen molar-refractivity contribution in [2.24, 2.45) is 0 Å². The molecule has 0 aliphatic carbocycles. The lowest BCUT2D eigenvalue weighted by atomic mass is 10.0. The Morgan fingerprint density at radius 2 is 1.80 bits per heavy atom. The van der Waals surface area contributed by atoms with Gasteiger partial charge in [-0.3, -0.25) is 0 Å². The Morgan fingerprint density at radius 1 is 1.10 bits per heavy atom. The predicted octanol–water partition coefficient (Wildman–Crippen LogP) is 4.32. The zero-order valence-corrected chi connectivity index (χ0v) is 11.0. The van der Waals surface area contributed by atoms with Crippen molar-refractivity contribution in [2.45, 2.75) is 19.0 Å². The molecule has 1 aromatic carbocycles. The van der Waals surface area contributed by atoms with E-state index in [2.05, 4.69) is 17.2 Å². The molecule has 0 aliphatic rings. The summed E-state index contributed by atoms with van der Waals surface area (Å²) >= 11 is 0. The van der Waals surface area contributed by atoms with Crippen LogP contribution in [0.4, 0.5) is 18.9 Å². The van der Waals surface area contributed by atoms with Gasteiger partial charge in [-0.25, -0.2) is 4.98 Å². The minimum Gasteiger partial charge on any atom is -0.383 e. The van der Waals surface area contributed by atoms with Crippen molar-refractivity contribution in [2.75, 3.05) is 11.9 Å². The van der Waals surface area contributed by atoms with E-state index in [9.17, 15) is 13.2 Å². The summed E-state index contributed by atoms with van der Waals surface area (Å²) in [5.74, 6) is 0.262. The van der Waals surface area contributed by atoms with Gasteiger partial charge in [0, 0.05) is 6.54 Å². The quantitative estimate of drug-likeness (QED) is 0.902. The third-order valence-corrected chi connectivity index (χ3v) is 3.03. The molecule has 0 fully saturated rings. The largest absolute Gasteiger partial charge is 0.433 e. The maximum Gasteiger partial charge on any atom is 0.433 e. The monoisotopic (exact) mass is 280 g/mol. The van der Waals surface area contributed by atoms with E-state index < -0.39 is 11.9 Å². The third-order valence-electron chi connectivity index (χ3n) is 3.03. The molecular weight excluding hydrogens is 265 g/mol. The summed E-state index contributed by atoms with van der Waals surface area (Å²) in [6, 6.07) is 12.3. The molecule has 0 saturated heterocycles. The van der Waals surface area contributed by atoms with Gasteiger partial charge in [-0.2, -0.15) is 13.2 Å². The van der Waals surface area contributed by atoms with E-state index in [-0.39, 0.29) is 5.92 Å². The molecule has 106 valence electrons. The predicted molar refractivity (Wildman–Crippen MR) is 72.6 cm³/mol. The lowest BCUT2D eigenvalue weighted by molar-refractivity contribution is -0.141. The first kappa shape index (κ1) is 14.4. The Labute approximate surface area is 115 Å². The molecule has 0 bridgehead atoms. The Morgan fingerprint density at radius 3 is 2.35 bits per heavy atom. The van der Waals surface area contributed by atoms with Crippen molar-refractivity contribution < 1.29 is 13.2 Å². The van der Waals surface area contributed by atoms with Gasteiger partial charge < -0.3 is 5.32 Å². The van der Waals surface area contributed by atoms with Crippen molar-refractivity contribution in [3.63, 3.8) is 0 Å². The summed E-state index contributed by atoms with van der Waals surface area (Å²) < 4.78 is 37.1. The highest BCUT2D eigenvalue weighted by molar-refractivity contribution is 5.41. The maximum absolute atomic E-state index is 12.4. The second-order valence-electron chi connectivity index (χ2n) is 4.62. The Kier molecular flexibility index (Phi) is 4.27. The van der Waals surface area contributed by atoms with E-state index in [1.165, 1.54) is 17.8 Å². The summed E-state index contributed by atoms with van der Waals surface area (Å²) in [7, 11) is 0.